The van der Waals surface area contributed by atoms with E-state index >= 15 is 0 Å². The van der Waals surface area contributed by atoms with Crippen LogP contribution >= 0.6 is 0 Å². The van der Waals surface area contributed by atoms with Gasteiger partial charge in [-0.25, -0.2) is 0 Å². The number of nitrogens with two attached hydrogens (primary N) is 1. The Morgan fingerprint density at radius 3 is 2.64 bits per heavy atom. The van der Waals surface area contributed by atoms with E-state index in [1.807, 2.05) is 39.2 Å². The first-order valence-electron chi connectivity index (χ1n) is 4.73. The minimum atomic E-state index is 0.706. The van der Waals surface area contributed by atoms with E-state index in [4.69, 9.17) is 10.5 Å². The van der Waals surface area contributed by atoms with Crippen LogP contribution in [0.15, 0.2) is 18.2 Å². The van der Waals surface area contributed by atoms with E-state index in [-0.39, 0.29) is 0 Å². The summed E-state index contributed by atoms with van der Waals surface area (Å²) in [5.41, 5.74) is 7.51. The summed E-state index contributed by atoms with van der Waals surface area (Å²) in [5, 5.41) is 0. The molecule has 0 saturated carbocycles. The van der Waals surface area contributed by atoms with Crippen molar-refractivity contribution in [3.8, 4) is 5.75 Å². The molecule has 0 heterocycles. The Morgan fingerprint density at radius 1 is 1.36 bits per heavy atom. The van der Waals surface area contributed by atoms with Crippen molar-refractivity contribution in [2.24, 2.45) is 0 Å². The van der Waals surface area contributed by atoms with Gasteiger partial charge in [0.25, 0.3) is 0 Å². The summed E-state index contributed by atoms with van der Waals surface area (Å²) in [7, 11) is 4.05. The molecule has 0 fully saturated rings. The van der Waals surface area contributed by atoms with Crippen molar-refractivity contribution >= 4 is 5.69 Å². The van der Waals surface area contributed by atoms with Gasteiger partial charge in [0.1, 0.15) is 12.4 Å². The summed E-state index contributed by atoms with van der Waals surface area (Å²) in [4.78, 5) is 2.09. The highest BCUT2D eigenvalue weighted by Gasteiger charge is 1.99. The van der Waals surface area contributed by atoms with Crippen LogP contribution in [-0.4, -0.2) is 32.1 Å². The van der Waals surface area contributed by atoms with Crippen molar-refractivity contribution in [1.82, 2.24) is 4.90 Å². The fraction of sp³-hybridized carbons (Fsp3) is 0.455. The Kier molecular flexibility index (Phi) is 3.77. The second-order valence-electron chi connectivity index (χ2n) is 3.68. The van der Waals surface area contributed by atoms with Crippen LogP contribution in [0.4, 0.5) is 5.69 Å². The molecule has 0 saturated heterocycles. The lowest BCUT2D eigenvalue weighted by Crippen LogP contribution is -2.19. The van der Waals surface area contributed by atoms with E-state index in [1.165, 1.54) is 0 Å². The second kappa shape index (κ2) is 4.86. The molecule has 1 aromatic rings. The van der Waals surface area contributed by atoms with Gasteiger partial charge < -0.3 is 15.4 Å². The number of nitrogen functional groups attached to an aromatic ring is 1. The monoisotopic (exact) mass is 194 g/mol. The minimum Gasteiger partial charge on any atom is -0.492 e. The summed E-state index contributed by atoms with van der Waals surface area (Å²) in [6, 6.07) is 5.70. The molecule has 3 heteroatoms. The molecular weight excluding hydrogens is 176 g/mol. The van der Waals surface area contributed by atoms with Crippen molar-refractivity contribution in [3.05, 3.63) is 23.8 Å². The number of anilines is 1. The molecule has 78 valence electrons. The van der Waals surface area contributed by atoms with E-state index in [0.29, 0.717) is 6.61 Å². The molecule has 2 N–H and O–H groups in total. The van der Waals surface area contributed by atoms with Crippen LogP contribution in [0, 0.1) is 6.92 Å². The van der Waals surface area contributed by atoms with E-state index in [1.54, 1.807) is 0 Å². The molecule has 0 aromatic heterocycles. The summed E-state index contributed by atoms with van der Waals surface area (Å²) < 4.78 is 5.61. The number of hydrogen-bond acceptors (Lipinski definition) is 3. The van der Waals surface area contributed by atoms with Crippen LogP contribution in [-0.2, 0) is 0 Å². The first-order chi connectivity index (χ1) is 6.59. The number of aryl methyl sites for hydroxylation is 1. The van der Waals surface area contributed by atoms with Crippen LogP contribution < -0.4 is 10.5 Å². The summed E-state index contributed by atoms with van der Waals surface area (Å²) in [6.07, 6.45) is 0. The van der Waals surface area contributed by atoms with Gasteiger partial charge in [-0.05, 0) is 44.8 Å². The Morgan fingerprint density at radius 2 is 2.07 bits per heavy atom. The molecule has 1 aromatic carbocycles. The van der Waals surface area contributed by atoms with E-state index in [0.717, 1.165) is 23.5 Å². The number of benzene rings is 1. The molecule has 0 unspecified atom stereocenters. The predicted octanol–water partition coefficient (Wildman–Crippen LogP) is 1.52. The van der Waals surface area contributed by atoms with Crippen LogP contribution in [0.2, 0.25) is 0 Å². The third kappa shape index (κ3) is 3.26. The van der Waals surface area contributed by atoms with Crippen molar-refractivity contribution in [1.29, 1.82) is 0 Å². The van der Waals surface area contributed by atoms with Gasteiger partial charge in [0.15, 0.2) is 0 Å². The highest BCUT2D eigenvalue weighted by Crippen LogP contribution is 2.19. The maximum atomic E-state index is 5.64. The van der Waals surface area contributed by atoms with Gasteiger partial charge in [-0.15, -0.1) is 0 Å². The smallest absolute Gasteiger partial charge is 0.122 e. The van der Waals surface area contributed by atoms with Crippen LogP contribution in [0.1, 0.15) is 5.56 Å². The molecule has 0 aliphatic carbocycles. The molecule has 0 spiro atoms. The fourth-order valence-electron chi connectivity index (χ4n) is 1.17. The Hall–Kier alpha value is -1.22. The Bertz CT molecular complexity index is 297. The normalized spacial score (nSPS) is 10.6. The summed E-state index contributed by atoms with van der Waals surface area (Å²) in [5.74, 6) is 0.918. The largest absolute Gasteiger partial charge is 0.492 e. The van der Waals surface area contributed by atoms with Gasteiger partial charge in [-0.2, -0.15) is 0 Å². The standard InChI is InChI=1S/C11H18N2O/c1-9-8-10(12)4-5-11(9)14-7-6-13(2)3/h4-5,8H,6-7,12H2,1-3H3. The molecule has 0 atom stereocenters. The third-order valence-corrected chi connectivity index (χ3v) is 2.00. The van der Waals surface area contributed by atoms with Gasteiger partial charge in [0.05, 0.1) is 0 Å². The van der Waals surface area contributed by atoms with Crippen LogP contribution in [0.25, 0.3) is 0 Å². The van der Waals surface area contributed by atoms with Crippen LogP contribution in [0.3, 0.4) is 0 Å². The molecule has 0 amide bonds. The maximum Gasteiger partial charge on any atom is 0.122 e. The highest BCUT2D eigenvalue weighted by atomic mass is 16.5. The van der Waals surface area contributed by atoms with Gasteiger partial charge in [-0.3, -0.25) is 0 Å². The third-order valence-electron chi connectivity index (χ3n) is 2.00. The summed E-state index contributed by atoms with van der Waals surface area (Å²) in [6.45, 7) is 3.63. The lowest BCUT2D eigenvalue weighted by Gasteiger charge is -2.12. The van der Waals surface area contributed by atoms with E-state index in [2.05, 4.69) is 4.90 Å². The van der Waals surface area contributed by atoms with Crippen molar-refractivity contribution in [2.45, 2.75) is 6.92 Å². The minimum absolute atomic E-state index is 0.706. The zero-order valence-corrected chi connectivity index (χ0v) is 9.08. The number of ether oxygens (including phenoxy) is 1. The molecule has 0 aliphatic heterocycles. The quantitative estimate of drug-likeness (QED) is 0.738. The molecule has 0 radical (unpaired) electrons. The first kappa shape index (κ1) is 10.9. The van der Waals surface area contributed by atoms with Gasteiger partial charge >= 0.3 is 0 Å². The lowest BCUT2D eigenvalue weighted by atomic mass is 10.2. The Labute approximate surface area is 85.5 Å². The van der Waals surface area contributed by atoms with Gasteiger partial charge in [0.2, 0.25) is 0 Å². The Balaban J connectivity index is 2.51. The van der Waals surface area contributed by atoms with E-state index < -0.39 is 0 Å². The van der Waals surface area contributed by atoms with E-state index in [9.17, 15) is 0 Å². The molecular formula is C11H18N2O. The maximum absolute atomic E-state index is 5.64. The van der Waals surface area contributed by atoms with Crippen LogP contribution in [0.5, 0.6) is 5.75 Å². The topological polar surface area (TPSA) is 38.5 Å². The number of nitrogens with zero attached hydrogens (tertiary/aromatic N) is 1. The average molecular weight is 194 g/mol. The zero-order valence-electron chi connectivity index (χ0n) is 9.08. The molecule has 0 aliphatic rings. The molecule has 1 rings (SSSR count). The average Bonchev–Trinajstić information content (AvgIpc) is 2.08. The fourth-order valence-corrected chi connectivity index (χ4v) is 1.17. The van der Waals surface area contributed by atoms with Crippen molar-refractivity contribution < 1.29 is 4.74 Å². The van der Waals surface area contributed by atoms with Gasteiger partial charge in [-0.1, -0.05) is 0 Å². The number of rotatable bonds is 4. The highest BCUT2D eigenvalue weighted by molar-refractivity contribution is 5.47. The molecule has 0 bridgehead atoms. The lowest BCUT2D eigenvalue weighted by molar-refractivity contribution is 0.260. The van der Waals surface area contributed by atoms with Gasteiger partial charge in [0, 0.05) is 12.2 Å². The number of likely N-dealkylation sites (N-methyl/N-ethyl adjacent to an activating group) is 1. The second-order valence-corrected chi connectivity index (χ2v) is 3.68. The molecule has 14 heavy (non-hydrogen) atoms. The van der Waals surface area contributed by atoms with Crippen molar-refractivity contribution in [2.75, 3.05) is 33.0 Å². The first-order valence-corrected chi connectivity index (χ1v) is 4.73. The zero-order chi connectivity index (χ0) is 10.6. The summed E-state index contributed by atoms with van der Waals surface area (Å²) >= 11 is 0. The molecule has 3 nitrogen and oxygen atoms in total. The SMILES string of the molecule is Cc1cc(N)ccc1OCCN(C)C. The van der Waals surface area contributed by atoms with Crippen molar-refractivity contribution in [3.63, 3.8) is 0 Å². The predicted molar refractivity (Wildman–Crippen MR) is 59.6 cm³/mol. The number of hydrogen-bond donors (Lipinski definition) is 1.